The van der Waals surface area contributed by atoms with Crippen LogP contribution in [-0.2, 0) is 17.6 Å². The van der Waals surface area contributed by atoms with Crippen molar-refractivity contribution in [2.75, 3.05) is 13.1 Å². The molecule has 2 aromatic rings. The minimum atomic E-state index is 0.227. The van der Waals surface area contributed by atoms with Crippen LogP contribution in [0.15, 0.2) is 54.6 Å². The Hall–Kier alpha value is -1.80. The fourth-order valence-electron chi connectivity index (χ4n) is 3.22. The van der Waals surface area contributed by atoms with Crippen molar-refractivity contribution in [1.29, 1.82) is 0 Å². The molecule has 1 fully saturated rings. The van der Waals surface area contributed by atoms with E-state index in [-0.39, 0.29) is 5.91 Å². The van der Waals surface area contributed by atoms with E-state index < -0.39 is 0 Å². The third kappa shape index (κ3) is 4.59. The second kappa shape index (κ2) is 7.65. The molecule has 2 nitrogen and oxygen atoms in total. The number of likely N-dealkylation sites (tertiary alicyclic amines) is 1. The lowest BCUT2D eigenvalue weighted by atomic mass is 9.90. The summed E-state index contributed by atoms with van der Waals surface area (Å²) in [7, 11) is 0. The maximum absolute atomic E-state index is 12.4. The predicted octanol–water partition coefficient (Wildman–Crippen LogP) is 4.36. The number of nitrogens with zero attached hydrogens (tertiary/aromatic N) is 1. The Balaban J connectivity index is 1.48. The lowest BCUT2D eigenvalue weighted by Gasteiger charge is -2.32. The molecule has 0 unspecified atom stereocenters. The van der Waals surface area contributed by atoms with Crippen LogP contribution in [0.2, 0.25) is 5.02 Å². The van der Waals surface area contributed by atoms with Crippen LogP contribution in [0, 0.1) is 5.92 Å². The number of amides is 1. The van der Waals surface area contributed by atoms with E-state index >= 15 is 0 Å². The SMILES string of the molecule is O=C(Cc1ccc(Cl)cc1)N1CCC(Cc2ccccc2)CC1. The number of benzene rings is 2. The van der Waals surface area contributed by atoms with Crippen molar-refractivity contribution in [3.63, 3.8) is 0 Å². The van der Waals surface area contributed by atoms with Crippen LogP contribution in [0.3, 0.4) is 0 Å². The molecule has 1 amide bonds. The third-order valence-electron chi connectivity index (χ3n) is 4.60. The number of hydrogen-bond donors (Lipinski definition) is 0. The molecular weight excluding hydrogens is 306 g/mol. The van der Waals surface area contributed by atoms with Crippen molar-refractivity contribution in [2.45, 2.75) is 25.7 Å². The Morgan fingerprint density at radius 3 is 2.26 bits per heavy atom. The summed E-state index contributed by atoms with van der Waals surface area (Å²) < 4.78 is 0. The largest absolute Gasteiger partial charge is 0.342 e. The summed E-state index contributed by atoms with van der Waals surface area (Å²) in [4.78, 5) is 14.4. The summed E-state index contributed by atoms with van der Waals surface area (Å²) in [5, 5.41) is 0.711. The molecule has 0 atom stereocenters. The van der Waals surface area contributed by atoms with E-state index in [0.717, 1.165) is 37.9 Å². The standard InChI is InChI=1S/C20H22ClNO/c21-19-8-6-17(7-9-19)15-20(23)22-12-10-18(11-13-22)14-16-4-2-1-3-5-16/h1-9,18H,10-15H2. The maximum atomic E-state index is 12.4. The zero-order valence-corrected chi connectivity index (χ0v) is 14.0. The molecule has 0 aromatic heterocycles. The quantitative estimate of drug-likeness (QED) is 0.817. The Morgan fingerprint density at radius 1 is 0.957 bits per heavy atom. The van der Waals surface area contributed by atoms with Crippen molar-refractivity contribution >= 4 is 17.5 Å². The molecule has 1 heterocycles. The van der Waals surface area contributed by atoms with E-state index in [9.17, 15) is 4.79 Å². The molecule has 0 radical (unpaired) electrons. The molecular formula is C20H22ClNO. The Morgan fingerprint density at radius 2 is 1.61 bits per heavy atom. The first-order chi connectivity index (χ1) is 11.2. The highest BCUT2D eigenvalue weighted by atomic mass is 35.5. The third-order valence-corrected chi connectivity index (χ3v) is 4.86. The van der Waals surface area contributed by atoms with Crippen molar-refractivity contribution in [1.82, 2.24) is 4.90 Å². The Labute approximate surface area is 143 Å². The van der Waals surface area contributed by atoms with Crippen LogP contribution in [0.4, 0.5) is 0 Å². The highest BCUT2D eigenvalue weighted by Crippen LogP contribution is 2.22. The van der Waals surface area contributed by atoms with E-state index in [4.69, 9.17) is 11.6 Å². The number of carbonyl (C=O) groups is 1. The van der Waals surface area contributed by atoms with Crippen LogP contribution < -0.4 is 0 Å². The van der Waals surface area contributed by atoms with Crippen LogP contribution >= 0.6 is 11.6 Å². The molecule has 120 valence electrons. The van der Waals surface area contributed by atoms with Crippen molar-refractivity contribution in [3.8, 4) is 0 Å². The number of halogens is 1. The molecule has 3 rings (SSSR count). The fraction of sp³-hybridized carbons (Fsp3) is 0.350. The monoisotopic (exact) mass is 327 g/mol. The molecule has 0 spiro atoms. The molecule has 1 aliphatic rings. The van der Waals surface area contributed by atoms with Crippen molar-refractivity contribution in [3.05, 3.63) is 70.7 Å². The summed E-state index contributed by atoms with van der Waals surface area (Å²) in [6.07, 6.45) is 3.79. The summed E-state index contributed by atoms with van der Waals surface area (Å²) in [6, 6.07) is 18.2. The van der Waals surface area contributed by atoms with Gasteiger partial charge in [-0.15, -0.1) is 0 Å². The minimum absolute atomic E-state index is 0.227. The zero-order valence-electron chi connectivity index (χ0n) is 13.2. The summed E-state index contributed by atoms with van der Waals surface area (Å²) in [6.45, 7) is 1.76. The lowest BCUT2D eigenvalue weighted by molar-refractivity contribution is -0.131. The number of carbonyl (C=O) groups excluding carboxylic acids is 1. The first-order valence-electron chi connectivity index (χ1n) is 8.27. The van der Waals surface area contributed by atoms with Gasteiger partial charge in [0.15, 0.2) is 0 Å². The van der Waals surface area contributed by atoms with Gasteiger partial charge in [0.1, 0.15) is 0 Å². The van der Waals surface area contributed by atoms with E-state index in [1.807, 2.05) is 29.2 Å². The predicted molar refractivity (Wildman–Crippen MR) is 94.6 cm³/mol. The molecule has 23 heavy (non-hydrogen) atoms. The molecule has 3 heteroatoms. The van der Waals surface area contributed by atoms with E-state index in [1.54, 1.807) is 0 Å². The highest BCUT2D eigenvalue weighted by Gasteiger charge is 2.22. The van der Waals surface area contributed by atoms with Gasteiger partial charge in [0.25, 0.3) is 0 Å². The number of rotatable bonds is 4. The molecule has 0 aliphatic carbocycles. The van der Waals surface area contributed by atoms with Gasteiger partial charge in [-0.05, 0) is 48.4 Å². The second-order valence-corrected chi connectivity index (χ2v) is 6.75. The lowest BCUT2D eigenvalue weighted by Crippen LogP contribution is -2.39. The van der Waals surface area contributed by atoms with E-state index in [2.05, 4.69) is 30.3 Å². The maximum Gasteiger partial charge on any atom is 0.226 e. The van der Waals surface area contributed by atoms with Gasteiger partial charge in [0.2, 0.25) is 5.91 Å². The van der Waals surface area contributed by atoms with Crippen LogP contribution in [0.5, 0.6) is 0 Å². The highest BCUT2D eigenvalue weighted by molar-refractivity contribution is 6.30. The van der Waals surface area contributed by atoms with Gasteiger partial charge in [0, 0.05) is 18.1 Å². The number of hydrogen-bond acceptors (Lipinski definition) is 1. The average Bonchev–Trinajstić information content (AvgIpc) is 2.58. The Bertz CT molecular complexity index is 630. The van der Waals surface area contributed by atoms with Gasteiger partial charge in [-0.3, -0.25) is 4.79 Å². The molecule has 2 aromatic carbocycles. The second-order valence-electron chi connectivity index (χ2n) is 6.32. The topological polar surface area (TPSA) is 20.3 Å². The Kier molecular flexibility index (Phi) is 5.35. The van der Waals surface area contributed by atoms with Crippen molar-refractivity contribution < 1.29 is 4.79 Å². The first-order valence-corrected chi connectivity index (χ1v) is 8.64. The molecule has 0 saturated carbocycles. The van der Waals surface area contributed by atoms with Gasteiger partial charge in [-0.25, -0.2) is 0 Å². The minimum Gasteiger partial charge on any atom is -0.342 e. The van der Waals surface area contributed by atoms with Gasteiger partial charge in [-0.1, -0.05) is 54.1 Å². The summed E-state index contributed by atoms with van der Waals surface area (Å²) in [5.74, 6) is 0.919. The first kappa shape index (κ1) is 16.1. The normalized spacial score (nSPS) is 15.6. The molecule has 1 aliphatic heterocycles. The fourth-order valence-corrected chi connectivity index (χ4v) is 3.35. The summed E-state index contributed by atoms with van der Waals surface area (Å²) in [5.41, 5.74) is 2.43. The molecule has 0 N–H and O–H groups in total. The van der Waals surface area contributed by atoms with Gasteiger partial charge >= 0.3 is 0 Å². The summed E-state index contributed by atoms with van der Waals surface area (Å²) >= 11 is 5.88. The van der Waals surface area contributed by atoms with E-state index in [1.165, 1.54) is 5.56 Å². The van der Waals surface area contributed by atoms with Gasteiger partial charge in [0.05, 0.1) is 6.42 Å². The van der Waals surface area contributed by atoms with Crippen LogP contribution in [0.25, 0.3) is 0 Å². The van der Waals surface area contributed by atoms with E-state index in [0.29, 0.717) is 17.4 Å². The van der Waals surface area contributed by atoms with Gasteiger partial charge < -0.3 is 4.90 Å². The molecule has 1 saturated heterocycles. The van der Waals surface area contributed by atoms with Crippen molar-refractivity contribution in [2.24, 2.45) is 5.92 Å². The zero-order chi connectivity index (χ0) is 16.1. The van der Waals surface area contributed by atoms with Gasteiger partial charge in [-0.2, -0.15) is 0 Å². The van der Waals surface area contributed by atoms with Crippen LogP contribution in [0.1, 0.15) is 24.0 Å². The van der Waals surface area contributed by atoms with Crippen LogP contribution in [-0.4, -0.2) is 23.9 Å². The smallest absolute Gasteiger partial charge is 0.226 e. The molecule has 0 bridgehead atoms. The number of piperidine rings is 1. The average molecular weight is 328 g/mol.